The fourth-order valence-corrected chi connectivity index (χ4v) is 2.73. The van der Waals surface area contributed by atoms with Crippen LogP contribution in [0.15, 0.2) is 30.3 Å². The van der Waals surface area contributed by atoms with Crippen molar-refractivity contribution in [1.82, 2.24) is 0 Å². The topological polar surface area (TPSA) is 140 Å². The number of hydrogen-bond donors (Lipinski definition) is 6. The highest BCUT2D eigenvalue weighted by molar-refractivity contribution is 5.97. The van der Waals surface area contributed by atoms with Crippen LogP contribution in [-0.4, -0.2) is 68.0 Å². The highest BCUT2D eigenvalue weighted by Gasteiger charge is 2.44. The average molecular weight is 338 g/mol. The van der Waals surface area contributed by atoms with Gasteiger partial charge < -0.3 is 40.1 Å². The van der Waals surface area contributed by atoms with Gasteiger partial charge in [-0.15, -0.1) is 0 Å². The zero-order chi connectivity index (χ0) is 17.4. The predicted octanol–water partition coefficient (Wildman–Crippen LogP) is -0.570. The lowest BCUT2D eigenvalue weighted by Gasteiger charge is -2.39. The number of benzene rings is 2. The molecule has 130 valence electrons. The molecule has 3 rings (SSSR count). The Hall–Kier alpha value is -2.10. The van der Waals surface area contributed by atoms with Crippen molar-refractivity contribution in [3.8, 4) is 17.2 Å². The monoisotopic (exact) mass is 338 g/mol. The Morgan fingerprint density at radius 1 is 0.917 bits per heavy atom. The summed E-state index contributed by atoms with van der Waals surface area (Å²) < 4.78 is 10.8. The van der Waals surface area contributed by atoms with Crippen LogP contribution in [0.3, 0.4) is 0 Å². The number of phenolic OH excluding ortho intramolecular Hbond substituents is 2. The van der Waals surface area contributed by atoms with Crippen LogP contribution in [0.2, 0.25) is 0 Å². The van der Waals surface area contributed by atoms with Crippen LogP contribution in [0.1, 0.15) is 0 Å². The number of phenols is 2. The van der Waals surface area contributed by atoms with Gasteiger partial charge in [0, 0.05) is 5.39 Å². The summed E-state index contributed by atoms with van der Waals surface area (Å²) in [5, 5.41) is 59.2. The van der Waals surface area contributed by atoms with Gasteiger partial charge in [-0.3, -0.25) is 0 Å². The van der Waals surface area contributed by atoms with Crippen LogP contribution < -0.4 is 4.74 Å². The number of fused-ring (bicyclic) bond motifs is 1. The van der Waals surface area contributed by atoms with Gasteiger partial charge in [0.25, 0.3) is 0 Å². The van der Waals surface area contributed by atoms with Gasteiger partial charge in [0.05, 0.1) is 12.0 Å². The molecule has 0 saturated carbocycles. The molecule has 24 heavy (non-hydrogen) atoms. The molecule has 0 amide bonds. The summed E-state index contributed by atoms with van der Waals surface area (Å²) in [6, 6.07) is 7.25. The van der Waals surface area contributed by atoms with Crippen molar-refractivity contribution in [1.29, 1.82) is 0 Å². The highest BCUT2D eigenvalue weighted by Crippen LogP contribution is 2.39. The molecule has 8 heteroatoms. The number of rotatable bonds is 3. The van der Waals surface area contributed by atoms with Gasteiger partial charge in [-0.2, -0.15) is 0 Å². The van der Waals surface area contributed by atoms with Gasteiger partial charge in [0.2, 0.25) is 6.29 Å². The van der Waals surface area contributed by atoms with Gasteiger partial charge in [0.1, 0.15) is 41.7 Å². The number of aromatic hydroxyl groups is 2. The van der Waals surface area contributed by atoms with Crippen LogP contribution >= 0.6 is 0 Å². The lowest BCUT2D eigenvalue weighted by atomic mass is 9.99. The molecule has 0 spiro atoms. The minimum atomic E-state index is -1.57. The second-order valence-electron chi connectivity index (χ2n) is 5.60. The van der Waals surface area contributed by atoms with Crippen molar-refractivity contribution in [2.45, 2.75) is 30.7 Å². The maximum absolute atomic E-state index is 10.0. The number of ether oxygens (including phenoxy) is 2. The van der Waals surface area contributed by atoms with E-state index in [4.69, 9.17) is 9.47 Å². The summed E-state index contributed by atoms with van der Waals surface area (Å²) in [7, 11) is 0. The summed E-state index contributed by atoms with van der Waals surface area (Å²) in [6.45, 7) is -0.577. The lowest BCUT2D eigenvalue weighted by Crippen LogP contribution is -2.60. The molecule has 2 aromatic rings. The van der Waals surface area contributed by atoms with E-state index >= 15 is 0 Å². The third-order valence-corrected chi connectivity index (χ3v) is 4.05. The van der Waals surface area contributed by atoms with Gasteiger partial charge in [-0.05, 0) is 18.2 Å². The van der Waals surface area contributed by atoms with Crippen molar-refractivity contribution in [2.75, 3.05) is 6.61 Å². The predicted molar refractivity (Wildman–Crippen MR) is 81.7 cm³/mol. The fourth-order valence-electron chi connectivity index (χ4n) is 2.73. The summed E-state index contributed by atoms with van der Waals surface area (Å²) >= 11 is 0. The van der Waals surface area contributed by atoms with E-state index in [2.05, 4.69) is 0 Å². The summed E-state index contributed by atoms with van der Waals surface area (Å²) in [5.74, 6) is -0.115. The molecule has 0 aromatic heterocycles. The third kappa shape index (κ3) is 2.74. The van der Waals surface area contributed by atoms with Gasteiger partial charge in [-0.1, -0.05) is 12.1 Å². The first-order chi connectivity index (χ1) is 11.4. The Morgan fingerprint density at radius 3 is 2.38 bits per heavy atom. The molecule has 6 N–H and O–H groups in total. The maximum atomic E-state index is 10.0. The molecular weight excluding hydrogens is 320 g/mol. The molecule has 1 heterocycles. The van der Waals surface area contributed by atoms with E-state index in [1.807, 2.05) is 0 Å². The Morgan fingerprint density at radius 2 is 1.67 bits per heavy atom. The third-order valence-electron chi connectivity index (χ3n) is 4.05. The van der Waals surface area contributed by atoms with Crippen LogP contribution in [-0.2, 0) is 4.74 Å². The van der Waals surface area contributed by atoms with E-state index in [-0.39, 0.29) is 22.6 Å². The molecule has 1 fully saturated rings. The number of aliphatic hydroxyl groups excluding tert-OH is 4. The molecule has 2 aromatic carbocycles. The normalized spacial score (nSPS) is 30.4. The minimum Gasteiger partial charge on any atom is -0.507 e. The second kappa shape index (κ2) is 6.42. The Bertz CT molecular complexity index is 731. The van der Waals surface area contributed by atoms with Gasteiger partial charge in [0.15, 0.2) is 0 Å². The van der Waals surface area contributed by atoms with E-state index in [0.717, 1.165) is 0 Å². The molecular formula is C16H18O8. The highest BCUT2D eigenvalue weighted by atomic mass is 16.7. The molecule has 1 aliphatic heterocycles. The first-order valence-corrected chi connectivity index (χ1v) is 7.35. The molecule has 8 nitrogen and oxygen atoms in total. The van der Waals surface area contributed by atoms with E-state index in [0.29, 0.717) is 5.39 Å². The van der Waals surface area contributed by atoms with Crippen molar-refractivity contribution in [2.24, 2.45) is 0 Å². The fraction of sp³-hybridized carbons (Fsp3) is 0.375. The van der Waals surface area contributed by atoms with E-state index < -0.39 is 37.3 Å². The zero-order valence-corrected chi connectivity index (χ0v) is 12.5. The van der Waals surface area contributed by atoms with Crippen molar-refractivity contribution >= 4 is 10.8 Å². The quantitative estimate of drug-likeness (QED) is 0.437. The van der Waals surface area contributed by atoms with Crippen molar-refractivity contribution < 1.29 is 40.1 Å². The standard InChI is InChI=1S/C16H18O8/c17-6-11-13(20)14(21)15(22)16(24-11)23-10-5-4-8(18)7-2-1-3-9(19)12(7)10/h1-5,11,13-22H,6H2/t11-,13-,14+,15-,16+/m1/s1. The van der Waals surface area contributed by atoms with Crippen LogP contribution in [0.5, 0.6) is 17.2 Å². The number of hydrogen-bond acceptors (Lipinski definition) is 8. The Labute approximate surface area is 136 Å². The Balaban J connectivity index is 1.96. The summed E-state index contributed by atoms with van der Waals surface area (Å²) in [6.07, 6.45) is -7.12. The molecule has 1 saturated heterocycles. The van der Waals surface area contributed by atoms with Crippen LogP contribution in [0, 0.1) is 0 Å². The first-order valence-electron chi connectivity index (χ1n) is 7.35. The zero-order valence-electron chi connectivity index (χ0n) is 12.5. The first kappa shape index (κ1) is 16.7. The summed E-state index contributed by atoms with van der Waals surface area (Å²) in [4.78, 5) is 0. The van der Waals surface area contributed by atoms with E-state index in [1.54, 1.807) is 12.1 Å². The van der Waals surface area contributed by atoms with Gasteiger partial charge >= 0.3 is 0 Å². The Kier molecular flexibility index (Phi) is 4.48. The molecule has 1 aliphatic rings. The summed E-state index contributed by atoms with van der Waals surface area (Å²) in [5.41, 5.74) is 0. The SMILES string of the molecule is OC[C@H]1O[C@H](Oc2ccc(O)c3cccc(O)c23)[C@H](O)[C@@H](O)[C@@H]1O. The molecule has 0 bridgehead atoms. The molecule has 0 aliphatic carbocycles. The molecule has 5 atom stereocenters. The van der Waals surface area contributed by atoms with E-state index in [9.17, 15) is 30.6 Å². The maximum Gasteiger partial charge on any atom is 0.229 e. The van der Waals surface area contributed by atoms with E-state index in [1.165, 1.54) is 18.2 Å². The number of aliphatic hydroxyl groups is 4. The smallest absolute Gasteiger partial charge is 0.229 e. The van der Waals surface area contributed by atoms with Crippen LogP contribution in [0.4, 0.5) is 0 Å². The minimum absolute atomic E-state index is 0.0675. The average Bonchev–Trinajstić information content (AvgIpc) is 2.58. The lowest BCUT2D eigenvalue weighted by molar-refractivity contribution is -0.277. The molecule has 0 unspecified atom stereocenters. The second-order valence-corrected chi connectivity index (χ2v) is 5.60. The van der Waals surface area contributed by atoms with Crippen molar-refractivity contribution in [3.05, 3.63) is 30.3 Å². The van der Waals surface area contributed by atoms with Gasteiger partial charge in [-0.25, -0.2) is 0 Å². The van der Waals surface area contributed by atoms with Crippen molar-refractivity contribution in [3.63, 3.8) is 0 Å². The van der Waals surface area contributed by atoms with Crippen LogP contribution in [0.25, 0.3) is 10.8 Å². The largest absolute Gasteiger partial charge is 0.507 e. The molecule has 0 radical (unpaired) electrons.